The Morgan fingerprint density at radius 1 is 1.00 bits per heavy atom. The van der Waals surface area contributed by atoms with E-state index in [1.54, 1.807) is 6.92 Å². The summed E-state index contributed by atoms with van der Waals surface area (Å²) >= 11 is 0. The van der Waals surface area contributed by atoms with Gasteiger partial charge in [-0.3, -0.25) is 9.59 Å². The first-order valence-corrected chi connectivity index (χ1v) is 9.59. The van der Waals surface area contributed by atoms with Crippen molar-refractivity contribution in [1.29, 1.82) is 0 Å². The number of fused-ring (bicyclic) bond motifs is 1. The first-order valence-electron chi connectivity index (χ1n) is 9.59. The third-order valence-electron chi connectivity index (χ3n) is 5.78. The summed E-state index contributed by atoms with van der Waals surface area (Å²) in [7, 11) is 0. The minimum Gasteiger partial charge on any atom is -0.486 e. The number of hydrogen-bond acceptors (Lipinski definition) is 4. The minimum atomic E-state index is 0.0309. The second kappa shape index (κ2) is 7.17. The first-order chi connectivity index (χ1) is 12.6. The van der Waals surface area contributed by atoms with Crippen molar-refractivity contribution in [2.24, 2.45) is 5.92 Å². The van der Waals surface area contributed by atoms with Crippen LogP contribution in [0.25, 0.3) is 0 Å². The molecule has 6 heteroatoms. The second-order valence-corrected chi connectivity index (χ2v) is 7.37. The van der Waals surface area contributed by atoms with Crippen LogP contribution in [0, 0.1) is 5.92 Å². The standard InChI is InChI=1S/C20H26N2O4/c1-14(23)21-9-6-15(7-10-21)20(24)22-8-2-3-17(22)16-4-5-18-19(13-16)26-12-11-25-18/h4-5,13,15,17H,2-3,6-12H2,1H3/t17-/m0/s1. The molecule has 0 aliphatic carbocycles. The van der Waals surface area contributed by atoms with Crippen molar-refractivity contribution in [2.45, 2.75) is 38.6 Å². The molecule has 3 aliphatic heterocycles. The molecule has 26 heavy (non-hydrogen) atoms. The zero-order valence-electron chi connectivity index (χ0n) is 15.3. The van der Waals surface area contributed by atoms with E-state index in [0.29, 0.717) is 26.3 Å². The lowest BCUT2D eigenvalue weighted by Gasteiger charge is -2.34. The van der Waals surface area contributed by atoms with Gasteiger partial charge in [0.15, 0.2) is 11.5 Å². The zero-order chi connectivity index (χ0) is 18.1. The average Bonchev–Trinajstić information content (AvgIpc) is 3.17. The molecule has 0 aromatic heterocycles. The molecule has 1 aromatic rings. The average molecular weight is 358 g/mol. The van der Waals surface area contributed by atoms with Crippen LogP contribution in [0.5, 0.6) is 11.5 Å². The van der Waals surface area contributed by atoms with Crippen LogP contribution in [-0.4, -0.2) is 54.5 Å². The Balaban J connectivity index is 1.46. The highest BCUT2D eigenvalue weighted by molar-refractivity contribution is 5.80. The molecule has 2 fully saturated rings. The van der Waals surface area contributed by atoms with E-state index in [2.05, 4.69) is 6.07 Å². The van der Waals surface area contributed by atoms with Gasteiger partial charge in [0.05, 0.1) is 6.04 Å². The van der Waals surface area contributed by atoms with Crippen molar-refractivity contribution in [3.63, 3.8) is 0 Å². The van der Waals surface area contributed by atoms with Gasteiger partial charge >= 0.3 is 0 Å². The van der Waals surface area contributed by atoms with Gasteiger partial charge in [-0.25, -0.2) is 0 Å². The number of benzene rings is 1. The number of rotatable bonds is 2. The fourth-order valence-corrected chi connectivity index (χ4v) is 4.32. The maximum atomic E-state index is 13.1. The lowest BCUT2D eigenvalue weighted by atomic mass is 9.94. The monoisotopic (exact) mass is 358 g/mol. The quantitative estimate of drug-likeness (QED) is 0.814. The number of nitrogens with zero attached hydrogens (tertiary/aromatic N) is 2. The number of amides is 2. The largest absolute Gasteiger partial charge is 0.486 e. The van der Waals surface area contributed by atoms with Crippen LogP contribution in [0.15, 0.2) is 18.2 Å². The molecule has 0 spiro atoms. The Morgan fingerprint density at radius 3 is 2.46 bits per heavy atom. The topological polar surface area (TPSA) is 59.1 Å². The Labute approximate surface area is 154 Å². The molecule has 3 heterocycles. The number of likely N-dealkylation sites (tertiary alicyclic amines) is 2. The molecular weight excluding hydrogens is 332 g/mol. The van der Waals surface area contributed by atoms with Gasteiger partial charge in [-0.15, -0.1) is 0 Å². The molecule has 140 valence electrons. The van der Waals surface area contributed by atoms with Gasteiger partial charge in [0.2, 0.25) is 11.8 Å². The van der Waals surface area contributed by atoms with Gasteiger partial charge in [0.1, 0.15) is 13.2 Å². The van der Waals surface area contributed by atoms with Crippen LogP contribution in [0.3, 0.4) is 0 Å². The number of piperidine rings is 1. The number of carbonyl (C=O) groups excluding carboxylic acids is 2. The van der Waals surface area contributed by atoms with E-state index in [4.69, 9.17) is 9.47 Å². The summed E-state index contributed by atoms with van der Waals surface area (Å²) in [6.07, 6.45) is 3.54. The molecule has 0 N–H and O–H groups in total. The summed E-state index contributed by atoms with van der Waals surface area (Å²) in [4.78, 5) is 28.5. The fraction of sp³-hybridized carbons (Fsp3) is 0.600. The molecule has 4 rings (SSSR count). The van der Waals surface area contributed by atoms with Gasteiger partial charge in [-0.1, -0.05) is 6.07 Å². The van der Waals surface area contributed by atoms with Crippen molar-refractivity contribution in [3.05, 3.63) is 23.8 Å². The van der Waals surface area contributed by atoms with Crippen LogP contribution in [0.1, 0.15) is 44.2 Å². The van der Waals surface area contributed by atoms with Crippen molar-refractivity contribution in [2.75, 3.05) is 32.8 Å². The summed E-state index contributed by atoms with van der Waals surface area (Å²) < 4.78 is 11.3. The molecule has 0 bridgehead atoms. The van der Waals surface area contributed by atoms with E-state index in [0.717, 1.165) is 49.3 Å². The van der Waals surface area contributed by atoms with Gasteiger partial charge in [-0.05, 0) is 43.4 Å². The smallest absolute Gasteiger partial charge is 0.226 e. The van der Waals surface area contributed by atoms with Crippen LogP contribution >= 0.6 is 0 Å². The van der Waals surface area contributed by atoms with Crippen LogP contribution < -0.4 is 9.47 Å². The summed E-state index contributed by atoms with van der Waals surface area (Å²) in [5, 5.41) is 0. The first kappa shape index (κ1) is 17.2. The lowest BCUT2D eigenvalue weighted by Crippen LogP contribution is -2.43. The van der Waals surface area contributed by atoms with Gasteiger partial charge in [0, 0.05) is 32.5 Å². The Hall–Kier alpha value is -2.24. The SMILES string of the molecule is CC(=O)N1CCC(C(=O)N2CCC[C@H]2c2ccc3c(c2)OCCO3)CC1. The van der Waals surface area contributed by atoms with Crippen molar-refractivity contribution in [3.8, 4) is 11.5 Å². The molecular formula is C20H26N2O4. The third-order valence-corrected chi connectivity index (χ3v) is 5.78. The fourth-order valence-electron chi connectivity index (χ4n) is 4.32. The van der Waals surface area contributed by atoms with Crippen molar-refractivity contribution >= 4 is 11.8 Å². The molecule has 3 aliphatic rings. The molecule has 6 nitrogen and oxygen atoms in total. The van der Waals surface area contributed by atoms with E-state index >= 15 is 0 Å². The Morgan fingerprint density at radius 2 is 1.73 bits per heavy atom. The molecule has 1 atom stereocenters. The van der Waals surface area contributed by atoms with Gasteiger partial charge in [0.25, 0.3) is 0 Å². The van der Waals surface area contributed by atoms with E-state index in [1.807, 2.05) is 21.9 Å². The minimum absolute atomic E-state index is 0.0309. The number of carbonyl (C=O) groups is 2. The van der Waals surface area contributed by atoms with Crippen LogP contribution in [0.2, 0.25) is 0 Å². The zero-order valence-corrected chi connectivity index (χ0v) is 15.3. The number of ether oxygens (including phenoxy) is 2. The highest BCUT2D eigenvalue weighted by Gasteiger charge is 2.36. The lowest BCUT2D eigenvalue weighted by molar-refractivity contribution is -0.140. The highest BCUT2D eigenvalue weighted by Crippen LogP contribution is 2.39. The maximum absolute atomic E-state index is 13.1. The molecule has 2 saturated heterocycles. The predicted octanol–water partition coefficient (Wildman–Crippen LogP) is 2.38. The van der Waals surface area contributed by atoms with E-state index < -0.39 is 0 Å². The summed E-state index contributed by atoms with van der Waals surface area (Å²) in [5.74, 6) is 1.94. The predicted molar refractivity (Wildman–Crippen MR) is 96.1 cm³/mol. The summed E-state index contributed by atoms with van der Waals surface area (Å²) in [5.41, 5.74) is 1.13. The van der Waals surface area contributed by atoms with Crippen LogP contribution in [-0.2, 0) is 9.59 Å². The molecule has 0 radical (unpaired) electrons. The second-order valence-electron chi connectivity index (χ2n) is 7.37. The van der Waals surface area contributed by atoms with Crippen LogP contribution in [0.4, 0.5) is 0 Å². The molecule has 2 amide bonds. The highest BCUT2D eigenvalue weighted by atomic mass is 16.6. The van der Waals surface area contributed by atoms with E-state index in [1.165, 1.54) is 0 Å². The van der Waals surface area contributed by atoms with Crippen molar-refractivity contribution < 1.29 is 19.1 Å². The molecule has 1 aromatic carbocycles. The van der Waals surface area contributed by atoms with E-state index in [-0.39, 0.29) is 23.8 Å². The molecule has 0 saturated carbocycles. The normalized spacial score (nSPS) is 23.2. The molecule has 0 unspecified atom stereocenters. The van der Waals surface area contributed by atoms with Crippen molar-refractivity contribution in [1.82, 2.24) is 9.80 Å². The summed E-state index contributed by atoms with van der Waals surface area (Å²) in [6, 6.07) is 6.16. The Kier molecular flexibility index (Phi) is 4.74. The third kappa shape index (κ3) is 3.24. The Bertz CT molecular complexity index is 697. The summed E-state index contributed by atoms with van der Waals surface area (Å²) in [6.45, 7) is 4.94. The maximum Gasteiger partial charge on any atom is 0.226 e. The van der Waals surface area contributed by atoms with Gasteiger partial charge < -0.3 is 19.3 Å². The van der Waals surface area contributed by atoms with E-state index in [9.17, 15) is 9.59 Å². The van der Waals surface area contributed by atoms with Gasteiger partial charge in [-0.2, -0.15) is 0 Å². The number of hydrogen-bond donors (Lipinski definition) is 0.